The smallest absolute Gasteiger partial charge is 0.147 e. The Morgan fingerprint density at radius 2 is 2.17 bits per heavy atom. The van der Waals surface area contributed by atoms with Gasteiger partial charge in [0.1, 0.15) is 5.75 Å². The van der Waals surface area contributed by atoms with Crippen molar-refractivity contribution in [2.75, 3.05) is 20.2 Å². The van der Waals surface area contributed by atoms with Crippen LogP contribution >= 0.6 is 44.3 Å². The second-order valence-electron chi connectivity index (χ2n) is 4.39. The lowest BCUT2D eigenvalue weighted by molar-refractivity contribution is 0.0295. The van der Waals surface area contributed by atoms with Gasteiger partial charge in [0, 0.05) is 19.0 Å². The van der Waals surface area contributed by atoms with E-state index in [2.05, 4.69) is 43.2 Å². The van der Waals surface area contributed by atoms with Crippen molar-refractivity contribution in [1.82, 2.24) is 5.32 Å². The second kappa shape index (κ2) is 5.67. The van der Waals surface area contributed by atoms with Crippen molar-refractivity contribution < 1.29 is 9.47 Å². The summed E-state index contributed by atoms with van der Waals surface area (Å²) < 4.78 is 13.3. The molecule has 1 fully saturated rings. The molecule has 3 nitrogen and oxygen atoms in total. The summed E-state index contributed by atoms with van der Waals surface area (Å²) in [5, 5.41) is 3.39. The molecule has 0 radical (unpaired) electrons. The SMILES string of the molecule is COc1c(Br)cc2c(c1Br)[C@@H]1CNC[C@H]1OC2.Cl. The number of methoxy groups -OCH3 is 1. The van der Waals surface area contributed by atoms with Gasteiger partial charge >= 0.3 is 0 Å². The van der Waals surface area contributed by atoms with Crippen LogP contribution in [0.4, 0.5) is 0 Å². The Bertz CT molecular complexity index is 470. The first-order chi connectivity index (χ1) is 8.22. The number of ether oxygens (including phenoxy) is 2. The molecule has 1 aromatic carbocycles. The summed E-state index contributed by atoms with van der Waals surface area (Å²) in [5.41, 5.74) is 2.58. The van der Waals surface area contributed by atoms with E-state index in [1.165, 1.54) is 11.1 Å². The molecule has 0 aromatic heterocycles. The summed E-state index contributed by atoms with van der Waals surface area (Å²) in [7, 11) is 1.70. The van der Waals surface area contributed by atoms with Gasteiger partial charge in [-0.3, -0.25) is 0 Å². The van der Waals surface area contributed by atoms with Crippen molar-refractivity contribution in [3.8, 4) is 5.75 Å². The standard InChI is InChI=1S/C12H13Br2NO2.ClH/c1-16-12-8(13)2-6-5-17-9-4-15-3-7(9)10(6)11(12)14;/h2,7,9,15H,3-5H2,1H3;1H/t7-,9-;/m1./s1. The zero-order chi connectivity index (χ0) is 12.0. The average Bonchev–Trinajstić information content (AvgIpc) is 2.76. The molecular weight excluding hydrogens is 385 g/mol. The monoisotopic (exact) mass is 397 g/mol. The highest BCUT2D eigenvalue weighted by molar-refractivity contribution is 9.11. The molecule has 0 saturated carbocycles. The Morgan fingerprint density at radius 3 is 2.89 bits per heavy atom. The number of nitrogens with one attached hydrogen (secondary N) is 1. The Labute approximate surface area is 129 Å². The highest BCUT2D eigenvalue weighted by Crippen LogP contribution is 2.45. The number of hydrogen-bond donors (Lipinski definition) is 1. The Kier molecular flexibility index (Phi) is 4.60. The zero-order valence-electron chi connectivity index (χ0n) is 9.83. The van der Waals surface area contributed by atoms with E-state index in [-0.39, 0.29) is 12.4 Å². The van der Waals surface area contributed by atoms with Gasteiger partial charge in [-0.05, 0) is 49.1 Å². The van der Waals surface area contributed by atoms with Gasteiger partial charge in [-0.2, -0.15) is 0 Å². The van der Waals surface area contributed by atoms with Gasteiger partial charge in [-0.25, -0.2) is 0 Å². The summed E-state index contributed by atoms with van der Waals surface area (Å²) in [5.74, 6) is 1.30. The minimum Gasteiger partial charge on any atom is -0.494 e. The van der Waals surface area contributed by atoms with Crippen molar-refractivity contribution in [2.45, 2.75) is 18.6 Å². The van der Waals surface area contributed by atoms with Crippen molar-refractivity contribution in [3.05, 3.63) is 26.1 Å². The molecule has 2 heterocycles. The van der Waals surface area contributed by atoms with E-state index in [4.69, 9.17) is 9.47 Å². The fraction of sp³-hybridized carbons (Fsp3) is 0.500. The molecule has 0 aliphatic carbocycles. The van der Waals surface area contributed by atoms with E-state index in [9.17, 15) is 0 Å². The van der Waals surface area contributed by atoms with Gasteiger partial charge < -0.3 is 14.8 Å². The van der Waals surface area contributed by atoms with Crippen LogP contribution < -0.4 is 10.1 Å². The summed E-state index contributed by atoms with van der Waals surface area (Å²) in [6, 6.07) is 2.10. The maximum Gasteiger partial charge on any atom is 0.147 e. The third-order valence-corrected chi connectivity index (χ3v) is 4.86. The average molecular weight is 400 g/mol. The van der Waals surface area contributed by atoms with Crippen molar-refractivity contribution >= 4 is 44.3 Å². The van der Waals surface area contributed by atoms with E-state index in [1.807, 2.05) is 0 Å². The molecule has 1 N–H and O–H groups in total. The zero-order valence-corrected chi connectivity index (χ0v) is 13.8. The van der Waals surface area contributed by atoms with E-state index in [1.54, 1.807) is 7.11 Å². The van der Waals surface area contributed by atoms with Crippen LogP contribution in [0.15, 0.2) is 15.0 Å². The Hall–Kier alpha value is 0.190. The molecular formula is C12H14Br2ClNO2. The molecule has 0 bridgehead atoms. The molecule has 0 unspecified atom stereocenters. The number of halogens is 3. The maximum absolute atomic E-state index is 5.87. The van der Waals surface area contributed by atoms with Crippen molar-refractivity contribution in [2.24, 2.45) is 0 Å². The van der Waals surface area contributed by atoms with E-state index in [0.29, 0.717) is 18.6 Å². The lowest BCUT2D eigenvalue weighted by Crippen LogP contribution is -2.27. The quantitative estimate of drug-likeness (QED) is 0.787. The molecule has 1 aromatic rings. The molecule has 0 spiro atoms. The number of rotatable bonds is 1. The van der Waals surface area contributed by atoms with Crippen LogP contribution in [0.5, 0.6) is 5.75 Å². The predicted octanol–water partition coefficient (Wildman–Crippen LogP) is 3.23. The minimum atomic E-state index is 0. The Morgan fingerprint density at radius 1 is 1.39 bits per heavy atom. The van der Waals surface area contributed by atoms with Crippen LogP contribution in [-0.2, 0) is 11.3 Å². The summed E-state index contributed by atoms with van der Waals surface area (Å²) in [6.07, 6.45) is 0.296. The van der Waals surface area contributed by atoms with E-state index in [0.717, 1.165) is 27.8 Å². The first kappa shape index (κ1) is 14.6. The summed E-state index contributed by atoms with van der Waals surface area (Å²) in [6.45, 7) is 2.59. The van der Waals surface area contributed by atoms with Gasteiger partial charge in [0.2, 0.25) is 0 Å². The van der Waals surface area contributed by atoms with Gasteiger partial charge in [-0.1, -0.05) is 0 Å². The fourth-order valence-corrected chi connectivity index (χ4v) is 4.51. The molecule has 2 aliphatic rings. The summed E-state index contributed by atoms with van der Waals surface area (Å²) in [4.78, 5) is 0. The molecule has 0 amide bonds. The topological polar surface area (TPSA) is 30.5 Å². The van der Waals surface area contributed by atoms with Gasteiger partial charge in [-0.15, -0.1) is 12.4 Å². The number of hydrogen-bond acceptors (Lipinski definition) is 3. The van der Waals surface area contributed by atoms with Crippen molar-refractivity contribution in [3.63, 3.8) is 0 Å². The second-order valence-corrected chi connectivity index (χ2v) is 6.04. The molecule has 2 atom stereocenters. The lowest BCUT2D eigenvalue weighted by Gasteiger charge is -2.30. The highest BCUT2D eigenvalue weighted by atomic mass is 79.9. The maximum atomic E-state index is 5.87. The number of benzene rings is 1. The van der Waals surface area contributed by atoms with Gasteiger partial charge in [0.15, 0.2) is 0 Å². The third kappa shape index (κ3) is 2.20. The first-order valence-corrected chi connectivity index (χ1v) is 7.18. The molecule has 3 rings (SSSR count). The molecule has 1 saturated heterocycles. The minimum absolute atomic E-state index is 0. The molecule has 2 aliphatic heterocycles. The van der Waals surface area contributed by atoms with E-state index < -0.39 is 0 Å². The van der Waals surface area contributed by atoms with Crippen LogP contribution in [0.2, 0.25) is 0 Å². The first-order valence-electron chi connectivity index (χ1n) is 5.59. The van der Waals surface area contributed by atoms with E-state index >= 15 is 0 Å². The molecule has 6 heteroatoms. The van der Waals surface area contributed by atoms with Crippen LogP contribution in [-0.4, -0.2) is 26.3 Å². The molecule has 18 heavy (non-hydrogen) atoms. The van der Waals surface area contributed by atoms with Crippen LogP contribution in [0, 0.1) is 0 Å². The summed E-state index contributed by atoms with van der Waals surface area (Å²) >= 11 is 7.21. The van der Waals surface area contributed by atoms with Crippen LogP contribution in [0.1, 0.15) is 17.0 Å². The Balaban J connectivity index is 0.00000120. The third-order valence-electron chi connectivity index (χ3n) is 3.49. The van der Waals surface area contributed by atoms with Crippen LogP contribution in [0.3, 0.4) is 0 Å². The van der Waals surface area contributed by atoms with Crippen LogP contribution in [0.25, 0.3) is 0 Å². The lowest BCUT2D eigenvalue weighted by atomic mass is 9.89. The number of fused-ring (bicyclic) bond motifs is 3. The van der Waals surface area contributed by atoms with Gasteiger partial charge in [0.25, 0.3) is 0 Å². The molecule has 100 valence electrons. The van der Waals surface area contributed by atoms with Crippen molar-refractivity contribution in [1.29, 1.82) is 0 Å². The largest absolute Gasteiger partial charge is 0.494 e. The normalized spacial score (nSPS) is 25.1. The fourth-order valence-electron chi connectivity index (χ4n) is 2.69. The van der Waals surface area contributed by atoms with Gasteiger partial charge in [0.05, 0.1) is 28.8 Å². The highest BCUT2D eigenvalue weighted by Gasteiger charge is 2.37. The predicted molar refractivity (Wildman–Crippen MR) is 79.8 cm³/mol.